The molecule has 0 saturated heterocycles. The van der Waals surface area contributed by atoms with Crippen LogP contribution in [-0.2, 0) is 0 Å². The van der Waals surface area contributed by atoms with E-state index in [9.17, 15) is 4.79 Å². The molecular formula is C7H5N3O3S. The standard InChI is InChI=1S/C7H5N3O3S/c8-4-2-1-3(14-4)6-9-5(7(11)12)10-13-6/h1-2H,8H2,(H,11,12). The Morgan fingerprint density at radius 3 is 2.86 bits per heavy atom. The van der Waals surface area contributed by atoms with Crippen molar-refractivity contribution >= 4 is 22.3 Å². The molecule has 6 nitrogen and oxygen atoms in total. The van der Waals surface area contributed by atoms with Gasteiger partial charge in [0.15, 0.2) is 0 Å². The molecule has 2 aromatic heterocycles. The SMILES string of the molecule is Nc1ccc(-c2nc(C(=O)O)no2)s1. The summed E-state index contributed by atoms with van der Waals surface area (Å²) in [6.07, 6.45) is 0. The lowest BCUT2D eigenvalue weighted by Gasteiger charge is -1.82. The Kier molecular flexibility index (Phi) is 1.93. The molecule has 0 atom stereocenters. The van der Waals surface area contributed by atoms with Crippen molar-refractivity contribution in [1.29, 1.82) is 0 Å². The summed E-state index contributed by atoms with van der Waals surface area (Å²) in [5, 5.41) is 12.4. The molecule has 0 fully saturated rings. The van der Waals surface area contributed by atoms with Gasteiger partial charge in [-0.1, -0.05) is 0 Å². The van der Waals surface area contributed by atoms with E-state index in [1.54, 1.807) is 12.1 Å². The second-order valence-electron chi connectivity index (χ2n) is 2.43. The first kappa shape index (κ1) is 8.70. The maximum Gasteiger partial charge on any atom is 0.377 e. The van der Waals surface area contributed by atoms with Crippen molar-refractivity contribution in [1.82, 2.24) is 10.1 Å². The molecule has 0 bridgehead atoms. The maximum absolute atomic E-state index is 10.4. The zero-order chi connectivity index (χ0) is 10.1. The number of carboxylic acids is 1. The summed E-state index contributed by atoms with van der Waals surface area (Å²) in [6.45, 7) is 0. The number of nitrogen functional groups attached to an aromatic ring is 1. The largest absolute Gasteiger partial charge is 0.475 e. The van der Waals surface area contributed by atoms with Crippen molar-refractivity contribution in [3.63, 3.8) is 0 Å². The molecule has 72 valence electrons. The molecule has 2 heterocycles. The van der Waals surface area contributed by atoms with E-state index in [0.29, 0.717) is 9.88 Å². The van der Waals surface area contributed by atoms with Crippen molar-refractivity contribution < 1.29 is 14.4 Å². The van der Waals surface area contributed by atoms with E-state index >= 15 is 0 Å². The third kappa shape index (κ3) is 1.44. The van der Waals surface area contributed by atoms with E-state index in [1.165, 1.54) is 11.3 Å². The molecule has 2 rings (SSSR count). The second kappa shape index (κ2) is 3.11. The number of rotatable bonds is 2. The Morgan fingerprint density at radius 2 is 2.36 bits per heavy atom. The van der Waals surface area contributed by atoms with Gasteiger partial charge in [0.1, 0.15) is 0 Å². The minimum Gasteiger partial charge on any atom is -0.475 e. The minimum atomic E-state index is -1.22. The van der Waals surface area contributed by atoms with Gasteiger partial charge in [-0.25, -0.2) is 4.79 Å². The van der Waals surface area contributed by atoms with Gasteiger partial charge in [-0.05, 0) is 17.3 Å². The smallest absolute Gasteiger partial charge is 0.377 e. The summed E-state index contributed by atoms with van der Waals surface area (Å²) in [5.41, 5.74) is 5.49. The number of hydrogen-bond donors (Lipinski definition) is 2. The molecule has 0 spiro atoms. The normalized spacial score (nSPS) is 10.3. The third-order valence-corrected chi connectivity index (χ3v) is 2.36. The topological polar surface area (TPSA) is 102 Å². The molecule has 0 saturated carbocycles. The summed E-state index contributed by atoms with van der Waals surface area (Å²) >= 11 is 1.25. The molecule has 0 aliphatic carbocycles. The van der Waals surface area contributed by atoms with Gasteiger partial charge in [0.2, 0.25) is 0 Å². The first-order valence-corrected chi connectivity index (χ1v) is 4.41. The number of carbonyl (C=O) groups is 1. The predicted octanol–water partition coefficient (Wildman–Crippen LogP) is 1.08. The lowest BCUT2D eigenvalue weighted by Crippen LogP contribution is -1.97. The van der Waals surface area contributed by atoms with Crippen molar-refractivity contribution in [2.75, 3.05) is 5.73 Å². The van der Waals surface area contributed by atoms with E-state index in [4.69, 9.17) is 15.4 Å². The Hall–Kier alpha value is -1.89. The second-order valence-corrected chi connectivity index (χ2v) is 3.55. The highest BCUT2D eigenvalue weighted by Crippen LogP contribution is 2.27. The molecule has 3 N–H and O–H groups in total. The molecule has 2 aromatic rings. The molecule has 0 aromatic carbocycles. The Balaban J connectivity index is 2.38. The van der Waals surface area contributed by atoms with Gasteiger partial charge in [0.25, 0.3) is 11.7 Å². The Bertz CT molecular complexity index is 476. The van der Waals surface area contributed by atoms with E-state index in [2.05, 4.69) is 10.1 Å². The number of aromatic carboxylic acids is 1. The highest BCUT2D eigenvalue weighted by atomic mass is 32.1. The van der Waals surface area contributed by atoms with Crippen LogP contribution < -0.4 is 5.73 Å². The van der Waals surface area contributed by atoms with E-state index < -0.39 is 5.97 Å². The summed E-state index contributed by atoms with van der Waals surface area (Å²) < 4.78 is 4.74. The van der Waals surface area contributed by atoms with Gasteiger partial charge in [-0.2, -0.15) is 4.98 Å². The lowest BCUT2D eigenvalue weighted by molar-refractivity contribution is 0.0680. The molecule has 0 aliphatic heterocycles. The highest BCUT2D eigenvalue weighted by molar-refractivity contribution is 7.19. The molecular weight excluding hydrogens is 206 g/mol. The van der Waals surface area contributed by atoms with Gasteiger partial charge in [-0.3, -0.25) is 0 Å². The maximum atomic E-state index is 10.4. The van der Waals surface area contributed by atoms with Crippen LogP contribution in [0.2, 0.25) is 0 Å². The highest BCUT2D eigenvalue weighted by Gasteiger charge is 2.15. The fourth-order valence-electron chi connectivity index (χ4n) is 0.878. The predicted molar refractivity (Wildman–Crippen MR) is 49.0 cm³/mol. The van der Waals surface area contributed by atoms with E-state index in [0.717, 1.165) is 0 Å². The van der Waals surface area contributed by atoms with Crippen LogP contribution in [0.3, 0.4) is 0 Å². The molecule has 0 unspecified atom stereocenters. The molecule has 7 heteroatoms. The fraction of sp³-hybridized carbons (Fsp3) is 0. The Labute approximate surface area is 82.0 Å². The summed E-state index contributed by atoms with van der Waals surface area (Å²) in [6, 6.07) is 3.38. The van der Waals surface area contributed by atoms with Crippen molar-refractivity contribution in [2.24, 2.45) is 0 Å². The van der Waals surface area contributed by atoms with Crippen LogP contribution in [-0.4, -0.2) is 21.2 Å². The van der Waals surface area contributed by atoms with Gasteiger partial charge in [-0.15, -0.1) is 11.3 Å². The third-order valence-electron chi connectivity index (χ3n) is 1.45. The monoisotopic (exact) mass is 211 g/mol. The summed E-state index contributed by atoms with van der Waals surface area (Å²) in [7, 11) is 0. The van der Waals surface area contributed by atoms with Gasteiger partial charge in [0.05, 0.1) is 9.88 Å². The van der Waals surface area contributed by atoms with Gasteiger partial charge < -0.3 is 15.4 Å². The zero-order valence-corrected chi connectivity index (χ0v) is 7.61. The fourth-order valence-corrected chi connectivity index (χ4v) is 1.57. The van der Waals surface area contributed by atoms with Crippen LogP contribution >= 0.6 is 11.3 Å². The number of aromatic nitrogens is 2. The quantitative estimate of drug-likeness (QED) is 0.770. The van der Waals surface area contributed by atoms with Gasteiger partial charge >= 0.3 is 5.97 Å². The van der Waals surface area contributed by atoms with Crippen molar-refractivity contribution in [3.05, 3.63) is 18.0 Å². The number of hydrogen-bond acceptors (Lipinski definition) is 6. The zero-order valence-electron chi connectivity index (χ0n) is 6.80. The van der Waals surface area contributed by atoms with Crippen molar-refractivity contribution in [3.8, 4) is 10.8 Å². The van der Waals surface area contributed by atoms with Crippen LogP contribution in [0.4, 0.5) is 5.00 Å². The Morgan fingerprint density at radius 1 is 1.57 bits per heavy atom. The van der Waals surface area contributed by atoms with Crippen LogP contribution in [0.1, 0.15) is 10.6 Å². The first-order valence-electron chi connectivity index (χ1n) is 3.59. The van der Waals surface area contributed by atoms with Crippen molar-refractivity contribution in [2.45, 2.75) is 0 Å². The average molecular weight is 211 g/mol. The van der Waals surface area contributed by atoms with Gasteiger partial charge in [0, 0.05) is 0 Å². The number of anilines is 1. The summed E-state index contributed by atoms with van der Waals surface area (Å²) in [4.78, 5) is 14.8. The van der Waals surface area contributed by atoms with Crippen LogP contribution in [0, 0.1) is 0 Å². The summed E-state index contributed by atoms with van der Waals surface area (Å²) in [5.74, 6) is -1.40. The van der Waals surface area contributed by atoms with E-state index in [-0.39, 0.29) is 11.7 Å². The first-order chi connectivity index (χ1) is 6.66. The number of nitrogens with zero attached hydrogens (tertiary/aromatic N) is 2. The molecule has 0 radical (unpaired) electrons. The number of thiophene rings is 1. The lowest BCUT2D eigenvalue weighted by atomic mass is 10.4. The van der Waals surface area contributed by atoms with Crippen LogP contribution in [0.25, 0.3) is 10.8 Å². The van der Waals surface area contributed by atoms with Crippen LogP contribution in [0.5, 0.6) is 0 Å². The van der Waals surface area contributed by atoms with E-state index in [1.807, 2.05) is 0 Å². The molecule has 0 amide bonds. The number of carboxylic acid groups (broad SMARTS) is 1. The van der Waals surface area contributed by atoms with Crippen LogP contribution in [0.15, 0.2) is 16.7 Å². The minimum absolute atomic E-state index is 0.170. The molecule has 0 aliphatic rings. The number of nitrogens with two attached hydrogens (primary N) is 1. The molecule has 14 heavy (non-hydrogen) atoms. The average Bonchev–Trinajstić information content (AvgIpc) is 2.70.